The van der Waals surface area contributed by atoms with Gasteiger partial charge in [0, 0.05) is 12.8 Å². The molecule has 1 N–H and O–H groups in total. The van der Waals surface area contributed by atoms with Crippen LogP contribution in [0, 0.1) is 11.3 Å². The van der Waals surface area contributed by atoms with Crippen molar-refractivity contribution in [2.24, 2.45) is 0 Å². The Kier molecular flexibility index (Phi) is 3.85. The average molecular weight is 281 g/mol. The average Bonchev–Trinajstić information content (AvgIpc) is 2.38. The molecule has 0 bridgehead atoms. The lowest BCUT2D eigenvalue weighted by atomic mass is 9.97. The standard InChI is InChI=1S/C12H15N3O3S/c1-12(5-2-6-18-9-12)15-19(16,17)11-4-3-10(7-13)14-8-11/h3-4,8,15H,2,5-6,9H2,1H3. The predicted molar refractivity (Wildman–Crippen MR) is 67.7 cm³/mol. The van der Waals surface area contributed by atoms with Crippen molar-refractivity contribution in [3.05, 3.63) is 24.0 Å². The van der Waals surface area contributed by atoms with Gasteiger partial charge in [-0.1, -0.05) is 0 Å². The Morgan fingerprint density at radius 1 is 1.53 bits per heavy atom. The molecular weight excluding hydrogens is 266 g/mol. The van der Waals surface area contributed by atoms with Crippen molar-refractivity contribution in [2.45, 2.75) is 30.2 Å². The van der Waals surface area contributed by atoms with Crippen molar-refractivity contribution in [3.63, 3.8) is 0 Å². The van der Waals surface area contributed by atoms with Crippen molar-refractivity contribution >= 4 is 10.0 Å². The number of sulfonamides is 1. The minimum atomic E-state index is -3.65. The molecule has 2 heterocycles. The van der Waals surface area contributed by atoms with Crippen molar-refractivity contribution in [3.8, 4) is 6.07 Å². The highest BCUT2D eigenvalue weighted by atomic mass is 32.2. The summed E-state index contributed by atoms with van der Waals surface area (Å²) in [5.41, 5.74) is -0.406. The largest absolute Gasteiger partial charge is 0.380 e. The third-order valence-electron chi connectivity index (χ3n) is 2.98. The third-order valence-corrected chi connectivity index (χ3v) is 4.60. The molecule has 0 aliphatic carbocycles. The molecule has 0 radical (unpaired) electrons. The number of nitriles is 1. The predicted octanol–water partition coefficient (Wildman–Crippen LogP) is 0.801. The first-order valence-electron chi connectivity index (χ1n) is 5.93. The maximum absolute atomic E-state index is 12.2. The van der Waals surface area contributed by atoms with Crippen molar-refractivity contribution in [1.82, 2.24) is 9.71 Å². The van der Waals surface area contributed by atoms with E-state index < -0.39 is 15.6 Å². The third kappa shape index (κ3) is 3.29. The highest BCUT2D eigenvalue weighted by Crippen LogP contribution is 2.21. The van der Waals surface area contributed by atoms with Gasteiger partial charge in [0.25, 0.3) is 0 Å². The monoisotopic (exact) mass is 281 g/mol. The summed E-state index contributed by atoms with van der Waals surface area (Å²) in [4.78, 5) is 3.82. The van der Waals surface area contributed by atoms with E-state index in [1.807, 2.05) is 13.0 Å². The molecule has 2 rings (SSSR count). The molecule has 6 nitrogen and oxygen atoms in total. The number of aromatic nitrogens is 1. The fourth-order valence-corrected chi connectivity index (χ4v) is 3.37. The second-order valence-corrected chi connectivity index (χ2v) is 6.50. The van der Waals surface area contributed by atoms with Crippen molar-refractivity contribution in [1.29, 1.82) is 5.26 Å². The molecule has 1 saturated heterocycles. The van der Waals surface area contributed by atoms with Gasteiger partial charge in [0.05, 0.1) is 12.1 Å². The summed E-state index contributed by atoms with van der Waals surface area (Å²) in [5.74, 6) is 0. The number of nitrogens with zero attached hydrogens (tertiary/aromatic N) is 2. The molecule has 19 heavy (non-hydrogen) atoms. The Morgan fingerprint density at radius 2 is 2.32 bits per heavy atom. The van der Waals surface area contributed by atoms with Crippen LogP contribution in [-0.2, 0) is 14.8 Å². The van der Waals surface area contributed by atoms with Crippen LogP contribution in [0.4, 0.5) is 0 Å². The van der Waals surface area contributed by atoms with E-state index in [1.165, 1.54) is 18.3 Å². The highest BCUT2D eigenvalue weighted by Gasteiger charge is 2.32. The molecule has 1 unspecified atom stereocenters. The van der Waals surface area contributed by atoms with Crippen LogP contribution in [0.25, 0.3) is 0 Å². The van der Waals surface area contributed by atoms with Crippen LogP contribution in [0.5, 0.6) is 0 Å². The zero-order valence-electron chi connectivity index (χ0n) is 10.6. The van der Waals surface area contributed by atoms with E-state index in [1.54, 1.807) is 0 Å². The minimum Gasteiger partial charge on any atom is -0.380 e. The summed E-state index contributed by atoms with van der Waals surface area (Å²) in [5, 5.41) is 8.64. The van der Waals surface area contributed by atoms with E-state index in [0.717, 1.165) is 12.8 Å². The molecule has 1 aromatic rings. The zero-order chi connectivity index (χ0) is 13.9. The topological polar surface area (TPSA) is 92.1 Å². The normalized spacial score (nSPS) is 23.8. The fourth-order valence-electron chi connectivity index (χ4n) is 2.00. The molecule has 7 heteroatoms. The minimum absolute atomic E-state index is 0.0540. The van der Waals surface area contributed by atoms with E-state index in [2.05, 4.69) is 9.71 Å². The van der Waals surface area contributed by atoms with Crippen LogP contribution in [-0.4, -0.2) is 32.2 Å². The van der Waals surface area contributed by atoms with E-state index in [9.17, 15) is 8.42 Å². The molecule has 1 aromatic heterocycles. The quantitative estimate of drug-likeness (QED) is 0.884. The molecule has 0 spiro atoms. The van der Waals surface area contributed by atoms with Crippen LogP contribution < -0.4 is 4.72 Å². The van der Waals surface area contributed by atoms with Gasteiger partial charge in [-0.3, -0.25) is 0 Å². The second-order valence-electron chi connectivity index (χ2n) is 4.81. The Bertz CT molecular complexity index is 584. The zero-order valence-corrected chi connectivity index (χ0v) is 11.4. The summed E-state index contributed by atoms with van der Waals surface area (Å²) in [7, 11) is -3.65. The number of nitrogens with one attached hydrogen (secondary N) is 1. The summed E-state index contributed by atoms with van der Waals surface area (Å²) in [6, 6.07) is 4.61. The lowest BCUT2D eigenvalue weighted by Crippen LogP contribution is -2.51. The van der Waals surface area contributed by atoms with Crippen molar-refractivity contribution in [2.75, 3.05) is 13.2 Å². The summed E-state index contributed by atoms with van der Waals surface area (Å²) >= 11 is 0. The first kappa shape index (κ1) is 13.9. The van der Waals surface area contributed by atoms with Gasteiger partial charge in [0.2, 0.25) is 10.0 Å². The molecule has 1 atom stereocenters. The van der Waals surface area contributed by atoms with Crippen LogP contribution in [0.15, 0.2) is 23.2 Å². The number of rotatable bonds is 3. The molecule has 1 aliphatic rings. The number of hydrogen-bond donors (Lipinski definition) is 1. The van der Waals surface area contributed by atoms with Gasteiger partial charge in [-0.15, -0.1) is 0 Å². The first-order valence-corrected chi connectivity index (χ1v) is 7.41. The number of pyridine rings is 1. The molecule has 0 amide bonds. The van der Waals surface area contributed by atoms with Gasteiger partial charge < -0.3 is 4.74 Å². The van der Waals surface area contributed by atoms with Crippen LogP contribution in [0.3, 0.4) is 0 Å². The Morgan fingerprint density at radius 3 is 2.84 bits per heavy atom. The molecule has 102 valence electrons. The van der Waals surface area contributed by atoms with Crippen LogP contribution in [0.2, 0.25) is 0 Å². The van der Waals surface area contributed by atoms with E-state index in [4.69, 9.17) is 10.00 Å². The van der Waals surface area contributed by atoms with Gasteiger partial charge in [0.15, 0.2) is 0 Å². The van der Waals surface area contributed by atoms with Gasteiger partial charge in [0.1, 0.15) is 16.7 Å². The summed E-state index contributed by atoms with van der Waals surface area (Å²) in [6.45, 7) is 2.84. The molecule has 1 fully saturated rings. The molecular formula is C12H15N3O3S. The Labute approximate surface area is 112 Å². The summed E-state index contributed by atoms with van der Waals surface area (Å²) in [6.07, 6.45) is 2.74. The fraction of sp³-hybridized carbons (Fsp3) is 0.500. The first-order chi connectivity index (χ1) is 8.95. The lowest BCUT2D eigenvalue weighted by molar-refractivity contribution is 0.0386. The SMILES string of the molecule is CC1(NS(=O)(=O)c2ccc(C#N)nc2)CCCOC1. The van der Waals surface area contributed by atoms with Gasteiger partial charge in [-0.2, -0.15) is 5.26 Å². The molecule has 0 aromatic carbocycles. The van der Waals surface area contributed by atoms with Gasteiger partial charge in [-0.05, 0) is 31.9 Å². The molecule has 1 aliphatic heterocycles. The van der Waals surface area contributed by atoms with Gasteiger partial charge in [-0.25, -0.2) is 18.1 Å². The summed E-state index contributed by atoms with van der Waals surface area (Å²) < 4.78 is 32.4. The maximum atomic E-state index is 12.2. The Hall–Kier alpha value is -1.49. The van der Waals surface area contributed by atoms with E-state index in [0.29, 0.717) is 13.2 Å². The van der Waals surface area contributed by atoms with Crippen LogP contribution >= 0.6 is 0 Å². The Balaban J connectivity index is 2.19. The van der Waals surface area contributed by atoms with Gasteiger partial charge >= 0.3 is 0 Å². The van der Waals surface area contributed by atoms with Crippen LogP contribution in [0.1, 0.15) is 25.5 Å². The van der Waals surface area contributed by atoms with E-state index in [-0.39, 0.29) is 10.6 Å². The van der Waals surface area contributed by atoms with E-state index >= 15 is 0 Å². The highest BCUT2D eigenvalue weighted by molar-refractivity contribution is 7.89. The second kappa shape index (κ2) is 5.25. The maximum Gasteiger partial charge on any atom is 0.242 e. The van der Waals surface area contributed by atoms with Crippen molar-refractivity contribution < 1.29 is 13.2 Å². The number of ether oxygens (including phenoxy) is 1. The molecule has 0 saturated carbocycles. The lowest BCUT2D eigenvalue weighted by Gasteiger charge is -2.33. The number of hydrogen-bond acceptors (Lipinski definition) is 5. The smallest absolute Gasteiger partial charge is 0.242 e.